The molecule has 0 heterocycles. The molecule has 0 aromatic heterocycles. The van der Waals surface area contributed by atoms with Gasteiger partial charge in [-0.25, -0.2) is 0 Å². The van der Waals surface area contributed by atoms with Gasteiger partial charge >= 0.3 is 5.97 Å². The van der Waals surface area contributed by atoms with Crippen LogP contribution in [0, 0.1) is 11.8 Å². The summed E-state index contributed by atoms with van der Waals surface area (Å²) >= 11 is 3.41. The van der Waals surface area contributed by atoms with Gasteiger partial charge in [0.15, 0.2) is 0 Å². The number of hydrogen-bond donors (Lipinski definition) is 2. The summed E-state index contributed by atoms with van der Waals surface area (Å²) in [7, 11) is 0. The highest BCUT2D eigenvalue weighted by Crippen LogP contribution is 2.31. The van der Waals surface area contributed by atoms with E-state index in [4.69, 9.17) is 5.11 Å². The van der Waals surface area contributed by atoms with Crippen molar-refractivity contribution in [2.45, 2.75) is 19.3 Å². The van der Waals surface area contributed by atoms with Crippen molar-refractivity contribution in [1.29, 1.82) is 0 Å². The first-order valence-corrected chi connectivity index (χ1v) is 7.80. The number of rotatable bonds is 5. The van der Waals surface area contributed by atoms with Crippen LogP contribution in [0.5, 0.6) is 0 Å². The van der Waals surface area contributed by atoms with Crippen LogP contribution < -0.4 is 5.32 Å². The number of hydrogen-bond acceptors (Lipinski definition) is 2. The van der Waals surface area contributed by atoms with Crippen LogP contribution in [0.2, 0.25) is 0 Å². The molecule has 0 radical (unpaired) electrons. The van der Waals surface area contributed by atoms with Crippen molar-refractivity contribution in [3.63, 3.8) is 0 Å². The van der Waals surface area contributed by atoms with E-state index in [1.165, 1.54) is 6.08 Å². The molecule has 21 heavy (non-hydrogen) atoms. The molecule has 1 aliphatic rings. The Labute approximate surface area is 132 Å². The number of aliphatic carboxylic acids is 1. The third kappa shape index (κ3) is 4.43. The van der Waals surface area contributed by atoms with E-state index in [0.29, 0.717) is 13.0 Å². The van der Waals surface area contributed by atoms with E-state index in [0.717, 1.165) is 22.9 Å². The second-order valence-corrected chi connectivity index (χ2v) is 6.09. The van der Waals surface area contributed by atoms with Gasteiger partial charge in [-0.1, -0.05) is 40.5 Å². The number of nitrogens with one attached hydrogen (secondary N) is 1. The minimum Gasteiger partial charge on any atom is -0.481 e. The van der Waals surface area contributed by atoms with E-state index in [9.17, 15) is 9.59 Å². The maximum Gasteiger partial charge on any atom is 0.306 e. The van der Waals surface area contributed by atoms with E-state index in [-0.39, 0.29) is 17.7 Å². The van der Waals surface area contributed by atoms with Crippen LogP contribution in [0.15, 0.2) is 34.8 Å². The predicted molar refractivity (Wildman–Crippen MR) is 84.7 cm³/mol. The zero-order valence-corrected chi connectivity index (χ0v) is 13.2. The van der Waals surface area contributed by atoms with Crippen LogP contribution in [0.1, 0.15) is 24.8 Å². The number of carbonyl (C=O) groups excluding carboxylic acids is 1. The summed E-state index contributed by atoms with van der Waals surface area (Å²) < 4.78 is 0.927. The second-order valence-electron chi connectivity index (χ2n) is 5.24. The summed E-state index contributed by atoms with van der Waals surface area (Å²) in [6.45, 7) is 0.427. The van der Waals surface area contributed by atoms with Gasteiger partial charge in [0.25, 0.3) is 0 Å². The van der Waals surface area contributed by atoms with E-state index in [1.807, 2.05) is 24.3 Å². The smallest absolute Gasteiger partial charge is 0.306 e. The lowest BCUT2D eigenvalue weighted by Gasteiger charge is -2.15. The highest BCUT2D eigenvalue weighted by Gasteiger charge is 2.32. The number of amides is 1. The Bertz CT molecular complexity index is 556. The van der Waals surface area contributed by atoms with Crippen LogP contribution in [-0.2, 0) is 9.59 Å². The third-order valence-corrected chi connectivity index (χ3v) is 4.56. The monoisotopic (exact) mass is 351 g/mol. The summed E-state index contributed by atoms with van der Waals surface area (Å²) in [5, 5.41) is 11.9. The molecule has 2 rings (SSSR count). The molecule has 2 unspecified atom stereocenters. The van der Waals surface area contributed by atoms with Crippen molar-refractivity contribution in [2.75, 3.05) is 6.54 Å². The van der Waals surface area contributed by atoms with Crippen molar-refractivity contribution in [2.24, 2.45) is 11.8 Å². The van der Waals surface area contributed by atoms with Crippen LogP contribution in [0.3, 0.4) is 0 Å². The Morgan fingerprint density at radius 3 is 2.81 bits per heavy atom. The van der Waals surface area contributed by atoms with Gasteiger partial charge in [-0.05, 0) is 36.5 Å². The van der Waals surface area contributed by atoms with E-state index in [2.05, 4.69) is 21.2 Å². The number of halogens is 1. The zero-order valence-electron chi connectivity index (χ0n) is 11.6. The molecular formula is C16H18BrNO3. The average molecular weight is 352 g/mol. The molecule has 0 saturated heterocycles. The molecule has 1 fully saturated rings. The van der Waals surface area contributed by atoms with Gasteiger partial charge in [-0.2, -0.15) is 0 Å². The van der Waals surface area contributed by atoms with Crippen LogP contribution in [0.25, 0.3) is 6.08 Å². The fourth-order valence-electron chi connectivity index (χ4n) is 2.67. The molecule has 5 heteroatoms. The maximum atomic E-state index is 11.8. The largest absolute Gasteiger partial charge is 0.481 e. The standard InChI is InChI=1S/C16H18BrNO3/c17-14-7-2-1-4-11(14)8-9-15(19)18-10-12-5-3-6-13(12)16(20)21/h1-2,4,7-9,12-13H,3,5-6,10H2,(H,18,19)(H,20,21). The molecule has 0 aliphatic heterocycles. The first-order valence-electron chi connectivity index (χ1n) is 7.01. The number of carboxylic acid groups (broad SMARTS) is 1. The Morgan fingerprint density at radius 2 is 2.10 bits per heavy atom. The molecule has 1 aromatic rings. The topological polar surface area (TPSA) is 66.4 Å². The minimum absolute atomic E-state index is 0.0447. The fourth-order valence-corrected chi connectivity index (χ4v) is 3.09. The quantitative estimate of drug-likeness (QED) is 0.801. The Kier molecular flexibility index (Phi) is 5.56. The molecule has 1 aliphatic carbocycles. The summed E-state index contributed by atoms with van der Waals surface area (Å²) in [6.07, 6.45) is 5.71. The van der Waals surface area contributed by atoms with Gasteiger partial charge in [0.05, 0.1) is 5.92 Å². The van der Waals surface area contributed by atoms with Crippen molar-refractivity contribution < 1.29 is 14.7 Å². The van der Waals surface area contributed by atoms with Crippen molar-refractivity contribution in [3.8, 4) is 0 Å². The average Bonchev–Trinajstić information content (AvgIpc) is 2.93. The summed E-state index contributed by atoms with van der Waals surface area (Å²) in [4.78, 5) is 22.9. The molecular weight excluding hydrogens is 334 g/mol. The van der Waals surface area contributed by atoms with E-state index in [1.54, 1.807) is 6.08 Å². The van der Waals surface area contributed by atoms with Gasteiger partial charge in [0.2, 0.25) is 5.91 Å². The Hall–Kier alpha value is -1.62. The Morgan fingerprint density at radius 1 is 1.33 bits per heavy atom. The first-order chi connectivity index (χ1) is 10.1. The lowest BCUT2D eigenvalue weighted by Crippen LogP contribution is -2.32. The molecule has 1 saturated carbocycles. The SMILES string of the molecule is O=C(C=Cc1ccccc1Br)NCC1CCCC1C(=O)O. The molecule has 1 aromatic carbocycles. The highest BCUT2D eigenvalue weighted by atomic mass is 79.9. The molecule has 4 nitrogen and oxygen atoms in total. The van der Waals surface area contributed by atoms with Gasteiger partial charge in [0.1, 0.15) is 0 Å². The fraction of sp³-hybridized carbons (Fsp3) is 0.375. The summed E-state index contributed by atoms with van der Waals surface area (Å²) in [5.74, 6) is -1.22. The van der Waals surface area contributed by atoms with Crippen molar-refractivity contribution in [1.82, 2.24) is 5.32 Å². The Balaban J connectivity index is 1.85. The number of carboxylic acids is 1. The first kappa shape index (κ1) is 15.8. The van der Waals surface area contributed by atoms with Gasteiger partial charge in [0, 0.05) is 17.1 Å². The van der Waals surface area contributed by atoms with E-state index >= 15 is 0 Å². The lowest BCUT2D eigenvalue weighted by molar-refractivity contribution is -0.143. The van der Waals surface area contributed by atoms with Crippen LogP contribution in [-0.4, -0.2) is 23.5 Å². The van der Waals surface area contributed by atoms with Gasteiger partial charge in [-0.3, -0.25) is 9.59 Å². The molecule has 112 valence electrons. The van der Waals surface area contributed by atoms with Gasteiger partial charge < -0.3 is 10.4 Å². The normalized spacial score (nSPS) is 21.6. The predicted octanol–water partition coefficient (Wildman–Crippen LogP) is 3.08. The molecule has 2 N–H and O–H groups in total. The maximum absolute atomic E-state index is 11.8. The summed E-state index contributed by atoms with van der Waals surface area (Å²) in [5.41, 5.74) is 0.928. The molecule has 1 amide bonds. The van der Waals surface area contributed by atoms with Crippen LogP contribution >= 0.6 is 15.9 Å². The molecule has 0 spiro atoms. The molecule has 2 atom stereocenters. The minimum atomic E-state index is -0.754. The highest BCUT2D eigenvalue weighted by molar-refractivity contribution is 9.10. The van der Waals surface area contributed by atoms with E-state index < -0.39 is 5.97 Å². The number of benzene rings is 1. The van der Waals surface area contributed by atoms with Crippen LogP contribution in [0.4, 0.5) is 0 Å². The second kappa shape index (κ2) is 7.41. The molecule has 0 bridgehead atoms. The summed E-state index contributed by atoms with van der Waals surface area (Å²) in [6, 6.07) is 7.63. The zero-order chi connectivity index (χ0) is 15.2. The number of carbonyl (C=O) groups is 2. The van der Waals surface area contributed by atoms with Gasteiger partial charge in [-0.15, -0.1) is 0 Å². The third-order valence-electron chi connectivity index (χ3n) is 3.83. The van der Waals surface area contributed by atoms with Crippen molar-refractivity contribution >= 4 is 33.9 Å². The van der Waals surface area contributed by atoms with Crippen molar-refractivity contribution in [3.05, 3.63) is 40.4 Å². The lowest BCUT2D eigenvalue weighted by atomic mass is 9.96.